The van der Waals surface area contributed by atoms with Gasteiger partial charge in [-0.05, 0) is 48.7 Å². The molecular weight excluding hydrogens is 430 g/mol. The number of nitrogens with one attached hydrogen (secondary N) is 2. The van der Waals surface area contributed by atoms with Crippen molar-refractivity contribution in [3.8, 4) is 0 Å². The average Bonchev–Trinajstić information content (AvgIpc) is 3.29. The van der Waals surface area contributed by atoms with E-state index in [0.717, 1.165) is 0 Å². The number of amides is 1. The normalized spacial score (nSPS) is 12.5. The molecule has 1 amide bonds. The molecule has 0 saturated heterocycles. The third kappa shape index (κ3) is 5.33. The highest BCUT2D eigenvalue weighted by Gasteiger charge is 2.25. The Hall–Kier alpha value is -2.68. The van der Waals surface area contributed by atoms with E-state index < -0.39 is 10.0 Å². The molecule has 3 rings (SSSR count). The highest BCUT2D eigenvalue weighted by molar-refractivity contribution is 7.92. The van der Waals surface area contributed by atoms with Crippen LogP contribution < -0.4 is 14.5 Å². The molecule has 2 aromatic carbocycles. The molecule has 0 unspecified atom stereocenters. The number of thiophene rings is 1. The zero-order chi connectivity index (χ0) is 22.4. The first kappa shape index (κ1) is 23.0. The van der Waals surface area contributed by atoms with Gasteiger partial charge in [-0.2, -0.15) is 0 Å². The van der Waals surface area contributed by atoms with Crippen LogP contribution in [0.15, 0.2) is 77.0 Å². The summed E-state index contributed by atoms with van der Waals surface area (Å²) in [5.74, 6) is -0.289. The van der Waals surface area contributed by atoms with Gasteiger partial charge in [0.1, 0.15) is 6.04 Å². The van der Waals surface area contributed by atoms with E-state index in [4.69, 9.17) is 0 Å². The first-order valence-corrected chi connectivity index (χ1v) is 12.5. The van der Waals surface area contributed by atoms with Gasteiger partial charge in [0.2, 0.25) is 0 Å². The maximum atomic E-state index is 13.2. The van der Waals surface area contributed by atoms with Crippen molar-refractivity contribution < 1.29 is 18.1 Å². The molecule has 6 nitrogen and oxygen atoms in total. The molecule has 0 spiro atoms. The quantitative estimate of drug-likeness (QED) is 0.518. The molecule has 31 heavy (non-hydrogen) atoms. The van der Waals surface area contributed by atoms with E-state index in [0.29, 0.717) is 17.8 Å². The molecule has 0 aliphatic carbocycles. The minimum Gasteiger partial charge on any atom is -0.346 e. The number of quaternary nitrogens is 1. The zero-order valence-corrected chi connectivity index (χ0v) is 19.5. The summed E-state index contributed by atoms with van der Waals surface area (Å²) < 4.78 is 27.8. The number of rotatable bonds is 9. The Balaban J connectivity index is 1.79. The number of carbonyl (C=O) groups is 1. The number of carbonyl (C=O) groups excluding carboxylic acids is 1. The fraction of sp³-hybridized carbons (Fsp3) is 0.261. The Morgan fingerprint density at radius 1 is 1.06 bits per heavy atom. The van der Waals surface area contributed by atoms with Crippen LogP contribution in [0.4, 0.5) is 5.69 Å². The van der Waals surface area contributed by atoms with Crippen LogP contribution in [0.5, 0.6) is 0 Å². The summed E-state index contributed by atoms with van der Waals surface area (Å²) in [6, 6.07) is 19.3. The predicted octanol–water partition coefficient (Wildman–Crippen LogP) is 2.58. The molecule has 0 fully saturated rings. The minimum absolute atomic E-state index is 0.0962. The second-order valence-corrected chi connectivity index (χ2v) is 10.2. The molecule has 2 N–H and O–H groups in total. The van der Waals surface area contributed by atoms with Crippen molar-refractivity contribution in [3.63, 3.8) is 0 Å². The standard InChI is InChI=1S/C23H27N3O3S2/c1-4-26(19-11-6-5-7-12-19)31(28,29)20-13-8-10-18(16-20)23(27)24-17-21(25(2)3)22-14-9-15-30-22/h5-16,21H,4,17H2,1-3H3,(H,24,27)/p+1/t21-/m0/s1. The lowest BCUT2D eigenvalue weighted by molar-refractivity contribution is -0.890. The van der Waals surface area contributed by atoms with Crippen LogP contribution >= 0.6 is 11.3 Å². The van der Waals surface area contributed by atoms with Crippen molar-refractivity contribution in [2.45, 2.75) is 17.9 Å². The zero-order valence-electron chi connectivity index (χ0n) is 17.9. The molecule has 0 bridgehead atoms. The van der Waals surface area contributed by atoms with Crippen molar-refractivity contribution in [2.75, 3.05) is 31.5 Å². The molecule has 8 heteroatoms. The van der Waals surface area contributed by atoms with E-state index in [1.54, 1.807) is 54.7 Å². The van der Waals surface area contributed by atoms with Crippen molar-refractivity contribution >= 4 is 33.0 Å². The number of sulfonamides is 1. The number of benzene rings is 2. The number of hydrogen-bond acceptors (Lipinski definition) is 4. The average molecular weight is 459 g/mol. The van der Waals surface area contributed by atoms with Gasteiger partial charge in [-0.25, -0.2) is 8.42 Å². The van der Waals surface area contributed by atoms with E-state index in [-0.39, 0.29) is 23.4 Å². The van der Waals surface area contributed by atoms with Gasteiger partial charge in [0.05, 0.1) is 36.1 Å². The molecule has 0 saturated carbocycles. The van der Waals surface area contributed by atoms with Gasteiger partial charge >= 0.3 is 0 Å². The Labute approximate surface area is 188 Å². The van der Waals surface area contributed by atoms with Gasteiger partial charge < -0.3 is 10.2 Å². The maximum absolute atomic E-state index is 13.2. The summed E-state index contributed by atoms with van der Waals surface area (Å²) in [7, 11) is 0.307. The lowest BCUT2D eigenvalue weighted by atomic mass is 10.2. The molecule has 0 aliphatic rings. The van der Waals surface area contributed by atoms with Crippen LogP contribution in [0.3, 0.4) is 0 Å². The molecule has 1 heterocycles. The Bertz CT molecular complexity index is 1100. The Morgan fingerprint density at radius 2 is 1.81 bits per heavy atom. The number of anilines is 1. The largest absolute Gasteiger partial charge is 0.346 e. The first-order chi connectivity index (χ1) is 14.8. The lowest BCUT2D eigenvalue weighted by Gasteiger charge is -2.23. The van der Waals surface area contributed by atoms with Crippen molar-refractivity contribution in [3.05, 3.63) is 82.6 Å². The number of likely N-dealkylation sites (N-methyl/N-ethyl adjacent to an activating group) is 1. The summed E-state index contributed by atoms with van der Waals surface area (Å²) in [5, 5.41) is 4.98. The van der Waals surface area contributed by atoms with E-state index in [1.165, 1.54) is 26.2 Å². The maximum Gasteiger partial charge on any atom is 0.264 e. The minimum atomic E-state index is -3.79. The summed E-state index contributed by atoms with van der Waals surface area (Å²) in [6.07, 6.45) is 0. The van der Waals surface area contributed by atoms with Gasteiger partial charge in [-0.15, -0.1) is 11.3 Å². The molecule has 0 aliphatic heterocycles. The monoisotopic (exact) mass is 458 g/mol. The number of nitrogens with zero attached hydrogens (tertiary/aromatic N) is 1. The summed E-state index contributed by atoms with van der Waals surface area (Å²) >= 11 is 1.66. The fourth-order valence-electron chi connectivity index (χ4n) is 3.39. The topological polar surface area (TPSA) is 70.9 Å². The molecule has 0 radical (unpaired) electrons. The van der Waals surface area contributed by atoms with E-state index in [9.17, 15) is 13.2 Å². The molecule has 1 aromatic heterocycles. The van der Waals surface area contributed by atoms with E-state index in [2.05, 4.69) is 11.4 Å². The van der Waals surface area contributed by atoms with Crippen molar-refractivity contribution in [2.24, 2.45) is 0 Å². The van der Waals surface area contributed by atoms with Crippen molar-refractivity contribution in [1.82, 2.24) is 5.32 Å². The second kappa shape index (κ2) is 10.1. The highest BCUT2D eigenvalue weighted by Crippen LogP contribution is 2.24. The summed E-state index contributed by atoms with van der Waals surface area (Å²) in [6.45, 7) is 2.54. The summed E-state index contributed by atoms with van der Waals surface area (Å²) in [4.78, 5) is 15.3. The Morgan fingerprint density at radius 3 is 2.42 bits per heavy atom. The molecule has 1 atom stereocenters. The molecular formula is C23H28N3O3S2+. The lowest BCUT2D eigenvalue weighted by Crippen LogP contribution is -3.06. The van der Waals surface area contributed by atoms with E-state index in [1.807, 2.05) is 31.6 Å². The van der Waals surface area contributed by atoms with Crippen LogP contribution in [0.1, 0.15) is 28.2 Å². The SMILES string of the molecule is CCN(c1ccccc1)S(=O)(=O)c1cccc(C(=O)NC[C@@H](c2cccs2)[NH+](C)C)c1. The van der Waals surface area contributed by atoms with Crippen molar-refractivity contribution in [1.29, 1.82) is 0 Å². The number of hydrogen-bond donors (Lipinski definition) is 2. The van der Waals surface area contributed by atoms with Crippen LogP contribution in [-0.4, -0.2) is 41.5 Å². The molecule has 164 valence electrons. The van der Waals surface area contributed by atoms with Crippen LogP contribution in [-0.2, 0) is 10.0 Å². The van der Waals surface area contributed by atoms with Crippen LogP contribution in [0, 0.1) is 0 Å². The highest BCUT2D eigenvalue weighted by atomic mass is 32.2. The van der Waals surface area contributed by atoms with Gasteiger partial charge in [0.15, 0.2) is 0 Å². The third-order valence-corrected chi connectivity index (χ3v) is 7.95. The smallest absolute Gasteiger partial charge is 0.264 e. The second-order valence-electron chi connectivity index (χ2n) is 7.39. The van der Waals surface area contributed by atoms with Gasteiger partial charge in [-0.3, -0.25) is 9.10 Å². The van der Waals surface area contributed by atoms with Gasteiger partial charge in [0, 0.05) is 12.1 Å². The van der Waals surface area contributed by atoms with Crippen LogP contribution in [0.25, 0.3) is 0 Å². The van der Waals surface area contributed by atoms with E-state index >= 15 is 0 Å². The predicted molar refractivity (Wildman–Crippen MR) is 125 cm³/mol. The van der Waals surface area contributed by atoms with Crippen LogP contribution in [0.2, 0.25) is 0 Å². The Kier molecular flexibility index (Phi) is 7.48. The molecule has 3 aromatic rings. The fourth-order valence-corrected chi connectivity index (χ4v) is 5.86. The van der Waals surface area contributed by atoms with Gasteiger partial charge in [-0.1, -0.05) is 30.3 Å². The summed E-state index contributed by atoms with van der Waals surface area (Å²) in [5.41, 5.74) is 0.913. The third-order valence-electron chi connectivity index (χ3n) is 5.07. The number of para-hydroxylation sites is 1. The van der Waals surface area contributed by atoms with Gasteiger partial charge in [0.25, 0.3) is 15.9 Å². The first-order valence-electron chi connectivity index (χ1n) is 10.1.